The Morgan fingerprint density at radius 1 is 1.33 bits per heavy atom. The van der Waals surface area contributed by atoms with Crippen LogP contribution in [-0.2, 0) is 13.1 Å². The molecule has 0 spiro atoms. The average molecular weight is 239 g/mol. The molecule has 1 aromatic carbocycles. The van der Waals surface area contributed by atoms with Crippen molar-refractivity contribution in [3.8, 4) is 6.07 Å². The van der Waals surface area contributed by atoms with E-state index in [4.69, 9.17) is 0 Å². The lowest BCUT2D eigenvalue weighted by Gasteiger charge is -2.29. The smallest absolute Gasteiger partial charge is 0.152 e. The van der Waals surface area contributed by atoms with E-state index in [1.54, 1.807) is 6.33 Å². The van der Waals surface area contributed by atoms with E-state index < -0.39 is 0 Å². The minimum absolute atomic E-state index is 0.706. The van der Waals surface area contributed by atoms with Crippen LogP contribution in [0.2, 0.25) is 0 Å². The summed E-state index contributed by atoms with van der Waals surface area (Å²) in [4.78, 5) is 2.18. The first-order valence-corrected chi connectivity index (χ1v) is 5.90. The van der Waals surface area contributed by atoms with Crippen LogP contribution in [0.25, 0.3) is 0 Å². The number of fused-ring (bicyclic) bond motifs is 1. The maximum Gasteiger partial charge on any atom is 0.152 e. The zero-order valence-electron chi connectivity index (χ0n) is 10.2. The van der Waals surface area contributed by atoms with Crippen molar-refractivity contribution in [2.45, 2.75) is 20.0 Å². The van der Waals surface area contributed by atoms with Crippen LogP contribution in [0.1, 0.15) is 17.0 Å². The number of hydrogen-bond acceptors (Lipinski definition) is 4. The average Bonchev–Trinajstić information content (AvgIpc) is 2.85. The number of aryl methyl sites for hydroxylation is 1. The van der Waals surface area contributed by atoms with Gasteiger partial charge < -0.3 is 9.47 Å². The zero-order chi connectivity index (χ0) is 12.5. The van der Waals surface area contributed by atoms with Crippen molar-refractivity contribution in [3.05, 3.63) is 41.5 Å². The van der Waals surface area contributed by atoms with Gasteiger partial charge in [-0.3, -0.25) is 0 Å². The molecular formula is C13H13N5. The van der Waals surface area contributed by atoms with E-state index in [0.717, 1.165) is 35.7 Å². The fraction of sp³-hybridized carbons (Fsp3) is 0.308. The second-order valence-corrected chi connectivity index (χ2v) is 4.49. The van der Waals surface area contributed by atoms with Gasteiger partial charge >= 0.3 is 0 Å². The minimum atomic E-state index is 0.706. The maximum absolute atomic E-state index is 9.22. The fourth-order valence-corrected chi connectivity index (χ4v) is 2.29. The topological polar surface area (TPSA) is 57.7 Å². The SMILES string of the molecule is Cc1ccc(N2CCn3cnnc3C2)c(C#N)c1. The number of nitriles is 1. The second-order valence-electron chi connectivity index (χ2n) is 4.49. The summed E-state index contributed by atoms with van der Waals surface area (Å²) in [6.45, 7) is 4.44. The van der Waals surface area contributed by atoms with Gasteiger partial charge in [-0.15, -0.1) is 10.2 Å². The van der Waals surface area contributed by atoms with Crippen LogP contribution in [0, 0.1) is 18.3 Å². The van der Waals surface area contributed by atoms with E-state index in [1.165, 1.54) is 0 Å². The van der Waals surface area contributed by atoms with Gasteiger partial charge in [0.1, 0.15) is 12.4 Å². The summed E-state index contributed by atoms with van der Waals surface area (Å²) >= 11 is 0. The third-order valence-corrected chi connectivity index (χ3v) is 3.25. The van der Waals surface area contributed by atoms with Gasteiger partial charge in [0, 0.05) is 13.1 Å². The molecule has 3 rings (SSSR count). The van der Waals surface area contributed by atoms with Gasteiger partial charge in [0.2, 0.25) is 0 Å². The highest BCUT2D eigenvalue weighted by Crippen LogP contribution is 2.24. The quantitative estimate of drug-likeness (QED) is 0.756. The summed E-state index contributed by atoms with van der Waals surface area (Å²) in [6.07, 6.45) is 1.76. The van der Waals surface area contributed by atoms with Crippen molar-refractivity contribution in [1.29, 1.82) is 5.26 Å². The predicted molar refractivity (Wildman–Crippen MR) is 67.0 cm³/mol. The molecule has 1 aliphatic rings. The molecule has 18 heavy (non-hydrogen) atoms. The standard InChI is InChI=1S/C13H13N5/c1-10-2-3-12(11(6-10)7-14)17-4-5-18-9-15-16-13(18)8-17/h2-3,6,9H,4-5,8H2,1H3. The van der Waals surface area contributed by atoms with Crippen LogP contribution in [0.15, 0.2) is 24.5 Å². The largest absolute Gasteiger partial charge is 0.361 e. The lowest BCUT2D eigenvalue weighted by Crippen LogP contribution is -2.34. The van der Waals surface area contributed by atoms with Crippen molar-refractivity contribution >= 4 is 5.69 Å². The highest BCUT2D eigenvalue weighted by atomic mass is 15.3. The van der Waals surface area contributed by atoms with Gasteiger partial charge in [0.05, 0.1) is 17.8 Å². The van der Waals surface area contributed by atoms with Crippen LogP contribution in [0.5, 0.6) is 0 Å². The minimum Gasteiger partial charge on any atom is -0.361 e. The second kappa shape index (κ2) is 4.15. The Balaban J connectivity index is 1.96. The van der Waals surface area contributed by atoms with E-state index >= 15 is 0 Å². The molecule has 0 unspecified atom stereocenters. The number of rotatable bonds is 1. The van der Waals surface area contributed by atoms with E-state index in [1.807, 2.05) is 25.1 Å². The Labute approximate surface area is 105 Å². The summed E-state index contributed by atoms with van der Waals surface area (Å²) in [5.74, 6) is 0.950. The van der Waals surface area contributed by atoms with Crippen molar-refractivity contribution in [2.24, 2.45) is 0 Å². The van der Waals surface area contributed by atoms with Gasteiger partial charge in [-0.2, -0.15) is 5.26 Å². The van der Waals surface area contributed by atoms with Gasteiger partial charge in [0.25, 0.3) is 0 Å². The Morgan fingerprint density at radius 2 is 2.22 bits per heavy atom. The van der Waals surface area contributed by atoms with E-state index in [2.05, 4.69) is 25.7 Å². The maximum atomic E-state index is 9.22. The summed E-state index contributed by atoms with van der Waals surface area (Å²) < 4.78 is 2.05. The molecule has 0 fully saturated rings. The van der Waals surface area contributed by atoms with Crippen molar-refractivity contribution in [2.75, 3.05) is 11.4 Å². The lowest BCUT2D eigenvalue weighted by molar-refractivity contribution is 0.560. The summed E-state index contributed by atoms with van der Waals surface area (Å²) in [5.41, 5.74) is 2.82. The molecule has 1 aliphatic heterocycles. The lowest BCUT2D eigenvalue weighted by atomic mass is 10.1. The molecule has 0 N–H and O–H groups in total. The number of nitrogens with zero attached hydrogens (tertiary/aromatic N) is 5. The molecule has 0 atom stereocenters. The molecule has 5 nitrogen and oxygen atoms in total. The Morgan fingerprint density at radius 3 is 3.06 bits per heavy atom. The number of benzene rings is 1. The van der Waals surface area contributed by atoms with E-state index in [0.29, 0.717) is 6.54 Å². The third-order valence-electron chi connectivity index (χ3n) is 3.25. The first-order chi connectivity index (χ1) is 8.78. The predicted octanol–water partition coefficient (Wildman–Crippen LogP) is 1.48. The Hall–Kier alpha value is -2.35. The van der Waals surface area contributed by atoms with Crippen molar-refractivity contribution in [3.63, 3.8) is 0 Å². The van der Waals surface area contributed by atoms with Gasteiger partial charge in [0.15, 0.2) is 5.82 Å². The van der Waals surface area contributed by atoms with Crippen molar-refractivity contribution in [1.82, 2.24) is 14.8 Å². The molecule has 0 amide bonds. The fourth-order valence-electron chi connectivity index (χ4n) is 2.29. The van der Waals surface area contributed by atoms with E-state index in [-0.39, 0.29) is 0 Å². The Bertz CT molecular complexity index is 623. The van der Waals surface area contributed by atoms with Gasteiger partial charge in [-0.1, -0.05) is 6.07 Å². The Kier molecular flexibility index (Phi) is 2.49. The van der Waals surface area contributed by atoms with E-state index in [9.17, 15) is 5.26 Å². The number of aromatic nitrogens is 3. The number of hydrogen-bond donors (Lipinski definition) is 0. The number of anilines is 1. The summed E-state index contributed by atoms with van der Waals surface area (Å²) in [6, 6.07) is 8.24. The molecule has 2 aromatic rings. The molecule has 0 saturated heterocycles. The molecule has 2 heterocycles. The molecule has 1 aromatic heterocycles. The molecule has 0 aliphatic carbocycles. The summed E-state index contributed by atoms with van der Waals surface area (Å²) in [5, 5.41) is 17.2. The molecule has 5 heteroatoms. The van der Waals surface area contributed by atoms with Crippen LogP contribution < -0.4 is 4.90 Å². The highest BCUT2D eigenvalue weighted by molar-refractivity contribution is 5.60. The molecular weight excluding hydrogens is 226 g/mol. The van der Waals surface area contributed by atoms with Gasteiger partial charge in [-0.25, -0.2) is 0 Å². The molecule has 90 valence electrons. The van der Waals surface area contributed by atoms with Crippen LogP contribution in [-0.4, -0.2) is 21.3 Å². The van der Waals surface area contributed by atoms with Crippen LogP contribution in [0.3, 0.4) is 0 Å². The third kappa shape index (κ3) is 1.72. The zero-order valence-corrected chi connectivity index (χ0v) is 10.2. The van der Waals surface area contributed by atoms with Crippen LogP contribution >= 0.6 is 0 Å². The summed E-state index contributed by atoms with van der Waals surface area (Å²) in [7, 11) is 0. The normalized spacial score (nSPS) is 14.1. The highest BCUT2D eigenvalue weighted by Gasteiger charge is 2.19. The first-order valence-electron chi connectivity index (χ1n) is 5.90. The van der Waals surface area contributed by atoms with Gasteiger partial charge in [-0.05, 0) is 24.6 Å². The monoisotopic (exact) mass is 239 g/mol. The van der Waals surface area contributed by atoms with Crippen LogP contribution in [0.4, 0.5) is 5.69 Å². The molecule has 0 radical (unpaired) electrons. The first kappa shape index (κ1) is 10.8. The molecule has 0 bridgehead atoms. The molecule has 0 saturated carbocycles. The van der Waals surface area contributed by atoms with Crippen molar-refractivity contribution < 1.29 is 0 Å².